The van der Waals surface area contributed by atoms with E-state index in [1.807, 2.05) is 4.90 Å². The van der Waals surface area contributed by atoms with E-state index < -0.39 is 5.91 Å². The van der Waals surface area contributed by atoms with Crippen LogP contribution in [0.2, 0.25) is 5.02 Å². The Kier molecular flexibility index (Phi) is 5.01. The van der Waals surface area contributed by atoms with Gasteiger partial charge in [-0.15, -0.1) is 0 Å². The van der Waals surface area contributed by atoms with Crippen LogP contribution in [-0.4, -0.2) is 44.5 Å². The third-order valence-electron chi connectivity index (χ3n) is 3.54. The van der Waals surface area contributed by atoms with E-state index in [4.69, 9.17) is 20.9 Å². The number of amides is 1. The van der Waals surface area contributed by atoms with Gasteiger partial charge in [0.15, 0.2) is 11.0 Å². The molecule has 1 fully saturated rings. The predicted octanol–water partition coefficient (Wildman–Crippen LogP) is 3.26. The van der Waals surface area contributed by atoms with Gasteiger partial charge in [-0.25, -0.2) is 0 Å². The Hall–Kier alpha value is -2.06. The van der Waals surface area contributed by atoms with Crippen LogP contribution in [0.5, 0.6) is 5.75 Å². The maximum Gasteiger partial charge on any atom is 0.283 e. The molecule has 9 heteroatoms. The normalized spacial score (nSPS) is 17.9. The summed E-state index contributed by atoms with van der Waals surface area (Å²) < 4.78 is 9.93. The Bertz CT molecular complexity index is 808. The molecule has 2 heterocycles. The number of halogens is 1. The van der Waals surface area contributed by atoms with Gasteiger partial charge in [-0.3, -0.25) is 4.79 Å². The summed E-state index contributed by atoms with van der Waals surface area (Å²) >= 11 is 7.54. The molecule has 1 saturated heterocycles. The molecule has 0 N–H and O–H groups in total. The second-order valence-corrected chi connectivity index (χ2v) is 8.22. The van der Waals surface area contributed by atoms with Crippen molar-refractivity contribution in [2.45, 2.75) is 25.1 Å². The van der Waals surface area contributed by atoms with Gasteiger partial charge >= 0.3 is 0 Å². The molecule has 0 unspecified atom stereocenters. The minimum atomic E-state index is -0.405. The molecule has 2 aromatic rings. The van der Waals surface area contributed by atoms with Crippen molar-refractivity contribution in [1.29, 1.82) is 0 Å². The van der Waals surface area contributed by atoms with Crippen LogP contribution in [0.1, 0.15) is 30.0 Å². The van der Waals surface area contributed by atoms with Crippen molar-refractivity contribution < 1.29 is 14.1 Å². The van der Waals surface area contributed by atoms with Gasteiger partial charge in [-0.1, -0.05) is 28.5 Å². The molecule has 3 rings (SSSR count). The van der Waals surface area contributed by atoms with Gasteiger partial charge < -0.3 is 14.2 Å². The number of aromatic nitrogens is 2. The van der Waals surface area contributed by atoms with E-state index in [1.165, 1.54) is 25.3 Å². The van der Waals surface area contributed by atoms with Crippen LogP contribution in [0.15, 0.2) is 34.1 Å². The number of hydrogen-bond acceptors (Lipinski definition) is 6. The van der Waals surface area contributed by atoms with E-state index in [0.717, 1.165) is 0 Å². The van der Waals surface area contributed by atoms with E-state index >= 15 is 0 Å². The average Bonchev–Trinajstić information content (AvgIpc) is 3.15. The largest absolute Gasteiger partial charge is 0.496 e. The van der Waals surface area contributed by atoms with E-state index in [0.29, 0.717) is 40.4 Å². The first-order valence-corrected chi connectivity index (χ1v) is 8.73. The maximum absolute atomic E-state index is 12.7. The summed E-state index contributed by atoms with van der Waals surface area (Å²) in [5, 5.41) is 4.89. The quantitative estimate of drug-likeness (QED) is 0.805. The Balaban J connectivity index is 1.89. The molecule has 1 aromatic carbocycles. The first kappa shape index (κ1) is 17.8. The molecule has 132 valence electrons. The van der Waals surface area contributed by atoms with Crippen LogP contribution in [0.3, 0.4) is 0 Å². The molecule has 7 nitrogen and oxygen atoms in total. The number of methoxy groups -OCH3 is 1. The molecule has 0 saturated carbocycles. The summed E-state index contributed by atoms with van der Waals surface area (Å²) in [6.07, 6.45) is 1.28. The number of carbonyl (C=O) groups is 1. The van der Waals surface area contributed by atoms with Crippen molar-refractivity contribution in [3.05, 3.63) is 41.0 Å². The highest BCUT2D eigenvalue weighted by Crippen LogP contribution is 2.36. The maximum atomic E-state index is 12.7. The monoisotopic (exact) mass is 380 g/mol. The zero-order valence-electron chi connectivity index (χ0n) is 14.0. The Labute approximate surface area is 154 Å². The minimum Gasteiger partial charge on any atom is -0.496 e. The fraction of sp³-hybridized carbons (Fsp3) is 0.375. The van der Waals surface area contributed by atoms with Gasteiger partial charge in [0.1, 0.15) is 5.75 Å². The van der Waals surface area contributed by atoms with Crippen molar-refractivity contribution in [2.75, 3.05) is 13.7 Å². The number of aliphatic imine (C=N–C) groups is 1. The van der Waals surface area contributed by atoms with Gasteiger partial charge in [0.05, 0.1) is 19.2 Å². The van der Waals surface area contributed by atoms with Crippen molar-refractivity contribution in [3.63, 3.8) is 0 Å². The van der Waals surface area contributed by atoms with Crippen LogP contribution >= 0.6 is 23.4 Å². The molecular formula is C16H17ClN4O3S. The summed E-state index contributed by atoms with van der Waals surface area (Å²) in [6, 6.07) is 4.87. The molecular weight excluding hydrogens is 364 g/mol. The van der Waals surface area contributed by atoms with E-state index in [-0.39, 0.29) is 4.75 Å². The molecule has 0 radical (unpaired) electrons. The highest BCUT2D eigenvalue weighted by molar-refractivity contribution is 8.15. The van der Waals surface area contributed by atoms with E-state index in [2.05, 4.69) is 29.0 Å². The average molecular weight is 381 g/mol. The smallest absolute Gasteiger partial charge is 0.283 e. The molecule has 0 atom stereocenters. The fourth-order valence-electron chi connectivity index (χ4n) is 2.52. The Morgan fingerprint density at radius 1 is 1.52 bits per heavy atom. The van der Waals surface area contributed by atoms with Gasteiger partial charge in [0.25, 0.3) is 5.91 Å². The Morgan fingerprint density at radius 2 is 2.32 bits per heavy atom. The molecule has 1 amide bonds. The number of carbonyl (C=O) groups excluding carboxylic acids is 1. The molecule has 0 spiro atoms. The number of amidine groups is 1. The van der Waals surface area contributed by atoms with Crippen LogP contribution in [0.25, 0.3) is 0 Å². The predicted molar refractivity (Wildman–Crippen MR) is 96.1 cm³/mol. The lowest BCUT2D eigenvalue weighted by Crippen LogP contribution is -2.29. The SMILES string of the molecule is COc1ccc(Cl)cc1C(=O)/N=C1\SC(C)(C)CN1Cc1ncon1. The lowest BCUT2D eigenvalue weighted by atomic mass is 10.2. The third-order valence-corrected chi connectivity index (χ3v) is 4.99. The topological polar surface area (TPSA) is 80.8 Å². The lowest BCUT2D eigenvalue weighted by molar-refractivity contribution is 0.0998. The van der Waals surface area contributed by atoms with Crippen molar-refractivity contribution in [2.24, 2.45) is 4.99 Å². The Morgan fingerprint density at radius 3 is 3.00 bits per heavy atom. The summed E-state index contributed by atoms with van der Waals surface area (Å²) in [5.74, 6) is 0.571. The van der Waals surface area contributed by atoms with Gasteiger partial charge in [-0.2, -0.15) is 9.98 Å². The van der Waals surface area contributed by atoms with Gasteiger partial charge in [0, 0.05) is 16.3 Å². The van der Waals surface area contributed by atoms with E-state index in [9.17, 15) is 4.79 Å². The standard InChI is InChI=1S/C16H17ClN4O3S/c1-16(2)8-21(7-13-18-9-24-20-13)15(25-16)19-14(22)11-6-10(17)4-5-12(11)23-3/h4-6,9H,7-8H2,1-3H3/b19-15-. The summed E-state index contributed by atoms with van der Waals surface area (Å²) in [4.78, 5) is 23.0. The van der Waals surface area contributed by atoms with Crippen LogP contribution in [-0.2, 0) is 6.54 Å². The second-order valence-electron chi connectivity index (χ2n) is 6.11. The minimum absolute atomic E-state index is 0.0821. The highest BCUT2D eigenvalue weighted by atomic mass is 35.5. The molecule has 0 aliphatic carbocycles. The molecule has 1 aliphatic rings. The molecule has 25 heavy (non-hydrogen) atoms. The molecule has 0 bridgehead atoms. The van der Waals surface area contributed by atoms with Crippen molar-refractivity contribution >= 4 is 34.4 Å². The second kappa shape index (κ2) is 7.05. The fourth-order valence-corrected chi connectivity index (χ4v) is 3.79. The number of hydrogen-bond donors (Lipinski definition) is 0. The van der Waals surface area contributed by atoms with Crippen LogP contribution < -0.4 is 4.74 Å². The number of ether oxygens (including phenoxy) is 1. The lowest BCUT2D eigenvalue weighted by Gasteiger charge is -2.17. The third kappa shape index (κ3) is 4.13. The summed E-state index contributed by atoms with van der Waals surface area (Å²) in [6.45, 7) is 5.32. The van der Waals surface area contributed by atoms with Crippen LogP contribution in [0, 0.1) is 0 Å². The van der Waals surface area contributed by atoms with Crippen molar-refractivity contribution in [1.82, 2.24) is 15.0 Å². The molecule has 1 aromatic heterocycles. The van der Waals surface area contributed by atoms with Gasteiger partial charge in [0.2, 0.25) is 6.39 Å². The highest BCUT2D eigenvalue weighted by Gasteiger charge is 2.36. The molecule has 1 aliphatic heterocycles. The van der Waals surface area contributed by atoms with Crippen LogP contribution in [0.4, 0.5) is 0 Å². The first-order chi connectivity index (χ1) is 11.9. The zero-order valence-corrected chi connectivity index (χ0v) is 15.6. The van der Waals surface area contributed by atoms with Gasteiger partial charge in [-0.05, 0) is 32.0 Å². The number of thioether (sulfide) groups is 1. The van der Waals surface area contributed by atoms with Crippen molar-refractivity contribution in [3.8, 4) is 5.75 Å². The summed E-state index contributed by atoms with van der Waals surface area (Å²) in [5.41, 5.74) is 0.326. The number of benzene rings is 1. The number of rotatable bonds is 4. The first-order valence-electron chi connectivity index (χ1n) is 7.54. The van der Waals surface area contributed by atoms with E-state index in [1.54, 1.807) is 18.2 Å². The zero-order chi connectivity index (χ0) is 18.0. The number of nitrogens with zero attached hydrogens (tertiary/aromatic N) is 4. The summed E-state index contributed by atoms with van der Waals surface area (Å²) in [7, 11) is 1.50.